The molecule has 2 aromatic rings. The zero-order valence-electron chi connectivity index (χ0n) is 16.3. The lowest BCUT2D eigenvalue weighted by atomic mass is 9.95. The van der Waals surface area contributed by atoms with Crippen LogP contribution in [-0.2, 0) is 9.59 Å². The van der Waals surface area contributed by atoms with E-state index >= 15 is 0 Å². The van der Waals surface area contributed by atoms with Crippen LogP contribution in [0.1, 0.15) is 23.6 Å². The number of nitrogens with zero attached hydrogens (tertiary/aromatic N) is 1. The van der Waals surface area contributed by atoms with Crippen molar-refractivity contribution < 1.29 is 28.4 Å². The maximum Gasteiger partial charge on any atom is 0.295 e. The third-order valence-electron chi connectivity index (χ3n) is 4.92. The molecule has 1 heterocycles. The summed E-state index contributed by atoms with van der Waals surface area (Å²) >= 11 is 0. The minimum absolute atomic E-state index is 0.0783. The lowest BCUT2D eigenvalue weighted by Crippen LogP contribution is -3.05. The Balaban J connectivity index is 2.07. The van der Waals surface area contributed by atoms with Gasteiger partial charge in [-0.1, -0.05) is 12.1 Å². The number of hydrogen-bond donors (Lipinski definition) is 2. The molecule has 152 valence electrons. The Bertz CT molecular complexity index is 938. The molecule has 0 radical (unpaired) electrons. The van der Waals surface area contributed by atoms with Gasteiger partial charge in [0.2, 0.25) is 0 Å². The number of rotatable bonds is 6. The number of carbonyl (C=O) groups excluding carboxylic acids is 2. The van der Waals surface area contributed by atoms with Crippen molar-refractivity contribution in [1.82, 2.24) is 4.90 Å². The number of halogens is 2. The van der Waals surface area contributed by atoms with Gasteiger partial charge >= 0.3 is 0 Å². The van der Waals surface area contributed by atoms with Crippen LogP contribution in [0.3, 0.4) is 0 Å². The van der Waals surface area contributed by atoms with E-state index in [0.29, 0.717) is 18.5 Å². The number of ketones is 1. The van der Waals surface area contributed by atoms with Crippen molar-refractivity contribution in [3.05, 3.63) is 76.9 Å². The predicted octanol–water partition coefficient (Wildman–Crippen LogP) is 1.92. The summed E-state index contributed by atoms with van der Waals surface area (Å²) in [7, 11) is 3.97. The third kappa shape index (κ3) is 4.35. The fourth-order valence-corrected chi connectivity index (χ4v) is 3.47. The second kappa shape index (κ2) is 8.53. The third-order valence-corrected chi connectivity index (χ3v) is 4.92. The van der Waals surface area contributed by atoms with Gasteiger partial charge in [0.15, 0.2) is 0 Å². The molecule has 3 rings (SSSR count). The van der Waals surface area contributed by atoms with Crippen molar-refractivity contribution in [1.29, 1.82) is 0 Å². The second-order valence-corrected chi connectivity index (χ2v) is 7.36. The molecule has 1 aliphatic rings. The summed E-state index contributed by atoms with van der Waals surface area (Å²) in [5, 5.41) is 10.8. The summed E-state index contributed by atoms with van der Waals surface area (Å²) in [5.74, 6) is -2.82. The van der Waals surface area contributed by atoms with E-state index in [1.54, 1.807) is 0 Å². The average Bonchev–Trinajstić information content (AvgIpc) is 2.93. The van der Waals surface area contributed by atoms with E-state index in [4.69, 9.17) is 0 Å². The van der Waals surface area contributed by atoms with Gasteiger partial charge in [0.05, 0.1) is 32.3 Å². The smallest absolute Gasteiger partial charge is 0.295 e. The van der Waals surface area contributed by atoms with Gasteiger partial charge in [-0.05, 0) is 42.0 Å². The van der Waals surface area contributed by atoms with Gasteiger partial charge in [-0.15, -0.1) is 0 Å². The standard InChI is InChI=1S/C22H22F2N2O3/c1-25(2)12-3-13-26-19(14-4-8-16(23)9-5-14)18(21(28)22(26)29)20(27)15-6-10-17(24)11-7-15/h4-11,19,27H,3,12-13H2,1-2H3/p+1/b20-18+/t19-/m1/s1. The second-order valence-electron chi connectivity index (χ2n) is 7.36. The molecule has 5 nitrogen and oxygen atoms in total. The Labute approximate surface area is 167 Å². The molecule has 0 saturated carbocycles. The van der Waals surface area contributed by atoms with E-state index in [0.717, 1.165) is 18.7 Å². The number of Topliss-reactive ketones (excluding diaryl/α,β-unsaturated/α-hetero) is 1. The van der Waals surface area contributed by atoms with Crippen molar-refractivity contribution in [2.75, 3.05) is 27.2 Å². The Morgan fingerprint density at radius 2 is 1.55 bits per heavy atom. The molecule has 7 heteroatoms. The van der Waals surface area contributed by atoms with Crippen molar-refractivity contribution in [3.63, 3.8) is 0 Å². The van der Waals surface area contributed by atoms with E-state index in [9.17, 15) is 23.5 Å². The first-order valence-electron chi connectivity index (χ1n) is 9.38. The molecule has 1 saturated heterocycles. The Hall–Kier alpha value is -3.06. The van der Waals surface area contributed by atoms with Crippen molar-refractivity contribution in [2.24, 2.45) is 0 Å². The minimum atomic E-state index is -0.835. The molecule has 0 aromatic heterocycles. The van der Waals surface area contributed by atoms with Crippen LogP contribution < -0.4 is 4.90 Å². The number of likely N-dealkylation sites (tertiary alicyclic amines) is 1. The molecule has 2 N–H and O–H groups in total. The van der Waals surface area contributed by atoms with Crippen molar-refractivity contribution in [3.8, 4) is 0 Å². The number of hydrogen-bond acceptors (Lipinski definition) is 3. The fourth-order valence-electron chi connectivity index (χ4n) is 3.47. The highest BCUT2D eigenvalue weighted by Gasteiger charge is 2.45. The molecule has 0 spiro atoms. The first-order chi connectivity index (χ1) is 13.8. The molecular weight excluding hydrogens is 378 g/mol. The number of quaternary nitrogens is 1. The highest BCUT2D eigenvalue weighted by Crippen LogP contribution is 2.39. The van der Waals surface area contributed by atoms with Gasteiger partial charge in [-0.3, -0.25) is 9.59 Å². The van der Waals surface area contributed by atoms with E-state index in [1.807, 2.05) is 14.1 Å². The lowest BCUT2D eigenvalue weighted by molar-refractivity contribution is -0.858. The van der Waals surface area contributed by atoms with Gasteiger partial charge in [-0.25, -0.2) is 8.78 Å². The first kappa shape index (κ1) is 20.7. The molecule has 0 bridgehead atoms. The van der Waals surface area contributed by atoms with Gasteiger partial charge in [0, 0.05) is 18.5 Å². The van der Waals surface area contributed by atoms with Crippen LogP contribution in [0.4, 0.5) is 8.78 Å². The van der Waals surface area contributed by atoms with Gasteiger partial charge in [0.25, 0.3) is 11.7 Å². The van der Waals surface area contributed by atoms with Crippen LogP contribution in [0, 0.1) is 11.6 Å². The Kier molecular flexibility index (Phi) is 6.08. The monoisotopic (exact) mass is 401 g/mol. The number of benzene rings is 2. The Morgan fingerprint density at radius 3 is 2.10 bits per heavy atom. The molecule has 1 fully saturated rings. The zero-order valence-corrected chi connectivity index (χ0v) is 16.3. The van der Waals surface area contributed by atoms with Gasteiger partial charge < -0.3 is 14.9 Å². The average molecular weight is 401 g/mol. The van der Waals surface area contributed by atoms with Gasteiger partial charge in [0.1, 0.15) is 17.4 Å². The summed E-state index contributed by atoms with van der Waals surface area (Å²) < 4.78 is 26.7. The first-order valence-corrected chi connectivity index (χ1v) is 9.38. The van der Waals surface area contributed by atoms with Crippen LogP contribution in [-0.4, -0.2) is 48.9 Å². The van der Waals surface area contributed by atoms with Crippen LogP contribution >= 0.6 is 0 Å². The topological polar surface area (TPSA) is 62.0 Å². The summed E-state index contributed by atoms with van der Waals surface area (Å²) in [6, 6.07) is 9.66. The van der Waals surface area contributed by atoms with Crippen LogP contribution in [0.15, 0.2) is 54.1 Å². The Morgan fingerprint density at radius 1 is 1.00 bits per heavy atom. The van der Waals surface area contributed by atoms with E-state index in [1.165, 1.54) is 46.2 Å². The van der Waals surface area contributed by atoms with Crippen molar-refractivity contribution >= 4 is 17.4 Å². The lowest BCUT2D eigenvalue weighted by Gasteiger charge is -2.25. The van der Waals surface area contributed by atoms with E-state index in [2.05, 4.69) is 0 Å². The summed E-state index contributed by atoms with van der Waals surface area (Å²) in [4.78, 5) is 28.1. The number of carbonyl (C=O) groups is 2. The minimum Gasteiger partial charge on any atom is -0.507 e. The molecule has 2 aromatic carbocycles. The summed E-state index contributed by atoms with van der Waals surface area (Å²) in [6.07, 6.45) is 0.656. The van der Waals surface area contributed by atoms with E-state index in [-0.39, 0.29) is 16.9 Å². The normalized spacial score (nSPS) is 18.7. The van der Waals surface area contributed by atoms with Crippen LogP contribution in [0.5, 0.6) is 0 Å². The summed E-state index contributed by atoms with van der Waals surface area (Å²) in [6.45, 7) is 1.11. The number of aliphatic hydroxyl groups excluding tert-OH is 1. The maximum atomic E-state index is 13.4. The molecule has 1 aliphatic heterocycles. The number of nitrogens with one attached hydrogen (secondary N) is 1. The van der Waals surface area contributed by atoms with Gasteiger partial charge in [-0.2, -0.15) is 0 Å². The SMILES string of the molecule is C[NH+](C)CCCN1C(=O)C(=O)/C(=C(/O)c2ccc(F)cc2)[C@H]1c1ccc(F)cc1. The quantitative estimate of drug-likeness (QED) is 0.442. The number of aliphatic hydroxyl groups is 1. The molecule has 1 atom stereocenters. The maximum absolute atomic E-state index is 13.4. The van der Waals surface area contributed by atoms with Crippen molar-refractivity contribution in [2.45, 2.75) is 12.5 Å². The fraction of sp³-hybridized carbons (Fsp3) is 0.273. The molecular formula is C22H23F2N2O3+. The van der Waals surface area contributed by atoms with E-state index < -0.39 is 29.4 Å². The number of amides is 1. The predicted molar refractivity (Wildman–Crippen MR) is 104 cm³/mol. The highest BCUT2D eigenvalue weighted by molar-refractivity contribution is 6.46. The zero-order chi connectivity index (χ0) is 21.1. The van der Waals surface area contributed by atoms with Crippen LogP contribution in [0.25, 0.3) is 5.76 Å². The molecule has 0 unspecified atom stereocenters. The molecule has 29 heavy (non-hydrogen) atoms. The largest absolute Gasteiger partial charge is 0.507 e. The summed E-state index contributed by atoms with van der Waals surface area (Å²) in [5.41, 5.74) is 0.672. The molecule has 1 amide bonds. The highest BCUT2D eigenvalue weighted by atomic mass is 19.1. The van der Waals surface area contributed by atoms with Crippen LogP contribution in [0.2, 0.25) is 0 Å². The molecule has 0 aliphatic carbocycles.